The Morgan fingerprint density at radius 2 is 1.86 bits per heavy atom. The van der Waals surface area contributed by atoms with Crippen molar-refractivity contribution < 1.29 is 9.55 Å². The van der Waals surface area contributed by atoms with Gasteiger partial charge in [-0.15, -0.1) is 0 Å². The number of fused-ring (bicyclic) bond motifs is 1. The molecule has 7 heteroatoms. The summed E-state index contributed by atoms with van der Waals surface area (Å²) < 4.78 is 4.62. The summed E-state index contributed by atoms with van der Waals surface area (Å²) in [7, 11) is 0. The first-order valence-electron chi connectivity index (χ1n) is 7.37. The molecule has 2 rings (SSSR count). The molecular weight excluding hydrogens is 272 g/mol. The molecule has 0 aliphatic carbocycles. The summed E-state index contributed by atoms with van der Waals surface area (Å²) in [6.45, 7) is 3.01. The summed E-state index contributed by atoms with van der Waals surface area (Å²) >= 11 is 0. The zero-order valence-electron chi connectivity index (χ0n) is 12.2. The Kier molecular flexibility index (Phi) is 5.48. The van der Waals surface area contributed by atoms with Gasteiger partial charge in [-0.2, -0.15) is 0 Å². The van der Waals surface area contributed by atoms with Crippen LogP contribution in [0.25, 0.3) is 11.0 Å². The van der Waals surface area contributed by atoms with Gasteiger partial charge < -0.3 is 5.32 Å². The number of benzene rings is 1. The minimum Gasteiger partial charge on any atom is -0.383 e. The van der Waals surface area contributed by atoms with Gasteiger partial charge in [-0.3, -0.25) is 10.1 Å². The summed E-state index contributed by atoms with van der Waals surface area (Å²) in [4.78, 5) is 10.4. The maximum atomic E-state index is 10.9. The smallest absolute Gasteiger partial charge is 0.300 e. The molecule has 0 bridgehead atoms. The quantitative estimate of drug-likeness (QED) is 0.428. The molecule has 0 fully saturated rings. The average Bonchev–Trinajstić information content (AvgIpc) is 2.95. The van der Waals surface area contributed by atoms with Crippen LogP contribution in [0.1, 0.15) is 45.4 Å². The van der Waals surface area contributed by atoms with Crippen molar-refractivity contribution in [2.75, 3.05) is 11.9 Å². The Hall–Kier alpha value is -2.18. The van der Waals surface area contributed by atoms with Gasteiger partial charge in [-0.1, -0.05) is 39.0 Å². The van der Waals surface area contributed by atoms with Crippen LogP contribution in [0.2, 0.25) is 0 Å². The molecule has 114 valence electrons. The SMILES string of the molecule is CCCCCCCCNc1ccc([N+](=O)[O-])c2nonc12. The second kappa shape index (κ2) is 7.56. The summed E-state index contributed by atoms with van der Waals surface area (Å²) in [5.74, 6) is 0. The van der Waals surface area contributed by atoms with Crippen molar-refractivity contribution in [3.8, 4) is 0 Å². The molecule has 1 aromatic carbocycles. The number of unbranched alkanes of at least 4 members (excludes halogenated alkanes) is 5. The minimum atomic E-state index is -0.482. The Morgan fingerprint density at radius 3 is 2.62 bits per heavy atom. The van der Waals surface area contributed by atoms with E-state index in [1.807, 2.05) is 0 Å². The Balaban J connectivity index is 1.90. The van der Waals surface area contributed by atoms with Gasteiger partial charge in [0.2, 0.25) is 5.52 Å². The summed E-state index contributed by atoms with van der Waals surface area (Å²) in [6, 6.07) is 3.08. The zero-order chi connectivity index (χ0) is 15.1. The lowest BCUT2D eigenvalue weighted by molar-refractivity contribution is -0.383. The molecule has 0 amide bonds. The highest BCUT2D eigenvalue weighted by molar-refractivity contribution is 5.93. The van der Waals surface area contributed by atoms with Gasteiger partial charge in [-0.25, -0.2) is 4.63 Å². The minimum absolute atomic E-state index is 0.0867. The molecule has 1 aromatic heterocycles. The second-order valence-corrected chi connectivity index (χ2v) is 5.05. The number of rotatable bonds is 9. The number of nitro benzene ring substituents is 1. The third kappa shape index (κ3) is 3.90. The number of nitro groups is 1. The number of hydrogen-bond donors (Lipinski definition) is 1. The van der Waals surface area contributed by atoms with Gasteiger partial charge >= 0.3 is 5.69 Å². The van der Waals surface area contributed by atoms with Crippen LogP contribution < -0.4 is 5.32 Å². The van der Waals surface area contributed by atoms with Crippen LogP contribution in [0.5, 0.6) is 0 Å². The monoisotopic (exact) mass is 292 g/mol. The number of aromatic nitrogens is 2. The van der Waals surface area contributed by atoms with E-state index in [0.29, 0.717) is 5.52 Å². The van der Waals surface area contributed by atoms with Crippen molar-refractivity contribution in [2.24, 2.45) is 0 Å². The van der Waals surface area contributed by atoms with E-state index >= 15 is 0 Å². The van der Waals surface area contributed by atoms with Crippen molar-refractivity contribution in [3.63, 3.8) is 0 Å². The maximum absolute atomic E-state index is 10.9. The normalized spacial score (nSPS) is 10.9. The van der Waals surface area contributed by atoms with E-state index in [2.05, 4.69) is 27.2 Å². The Morgan fingerprint density at radius 1 is 1.14 bits per heavy atom. The average molecular weight is 292 g/mol. The largest absolute Gasteiger partial charge is 0.383 e. The summed E-state index contributed by atoms with van der Waals surface area (Å²) in [5.41, 5.74) is 1.24. The van der Waals surface area contributed by atoms with Crippen LogP contribution in [0.4, 0.5) is 11.4 Å². The molecule has 0 unspecified atom stereocenters. The number of nitrogens with zero attached hydrogens (tertiary/aromatic N) is 3. The van der Waals surface area contributed by atoms with Gasteiger partial charge in [0.15, 0.2) is 5.52 Å². The van der Waals surface area contributed by atoms with Crippen LogP contribution in [0, 0.1) is 10.1 Å². The molecule has 21 heavy (non-hydrogen) atoms. The van der Waals surface area contributed by atoms with E-state index in [-0.39, 0.29) is 11.2 Å². The number of non-ortho nitro benzene ring substituents is 1. The van der Waals surface area contributed by atoms with Crippen molar-refractivity contribution >= 4 is 22.4 Å². The Labute approximate surface area is 122 Å². The van der Waals surface area contributed by atoms with Crippen molar-refractivity contribution in [2.45, 2.75) is 45.4 Å². The van der Waals surface area contributed by atoms with E-state index < -0.39 is 4.92 Å². The zero-order valence-corrected chi connectivity index (χ0v) is 12.2. The molecular formula is C14H20N4O3. The molecule has 1 N–H and O–H groups in total. The number of hydrogen-bond acceptors (Lipinski definition) is 6. The lowest BCUT2D eigenvalue weighted by Crippen LogP contribution is -2.02. The van der Waals surface area contributed by atoms with Gasteiger partial charge in [0.1, 0.15) is 0 Å². The first-order valence-corrected chi connectivity index (χ1v) is 7.37. The molecule has 0 spiro atoms. The van der Waals surface area contributed by atoms with E-state index in [1.54, 1.807) is 6.07 Å². The Bertz CT molecular complexity index is 597. The lowest BCUT2D eigenvalue weighted by atomic mass is 10.1. The molecule has 0 saturated carbocycles. The lowest BCUT2D eigenvalue weighted by Gasteiger charge is -2.06. The third-order valence-corrected chi connectivity index (χ3v) is 3.44. The van der Waals surface area contributed by atoms with Gasteiger partial charge in [0.05, 0.1) is 10.6 Å². The fourth-order valence-electron chi connectivity index (χ4n) is 2.27. The predicted molar refractivity (Wildman–Crippen MR) is 80.3 cm³/mol. The maximum Gasteiger partial charge on any atom is 0.300 e. The van der Waals surface area contributed by atoms with E-state index in [4.69, 9.17) is 0 Å². The topological polar surface area (TPSA) is 94.1 Å². The summed E-state index contributed by atoms with van der Waals surface area (Å²) in [6.07, 6.45) is 7.31. The molecule has 2 aromatic rings. The van der Waals surface area contributed by atoms with E-state index in [1.165, 1.54) is 38.2 Å². The van der Waals surface area contributed by atoms with Crippen molar-refractivity contribution in [3.05, 3.63) is 22.2 Å². The van der Waals surface area contributed by atoms with Gasteiger partial charge in [-0.05, 0) is 22.8 Å². The van der Waals surface area contributed by atoms with Crippen molar-refractivity contribution in [1.82, 2.24) is 10.3 Å². The first kappa shape index (κ1) is 15.2. The van der Waals surface area contributed by atoms with E-state index in [0.717, 1.165) is 18.7 Å². The standard InChI is InChI=1S/C14H20N4O3/c1-2-3-4-5-6-7-10-15-11-8-9-12(18(19)20)14-13(11)16-21-17-14/h8-9,15H,2-7,10H2,1H3. The van der Waals surface area contributed by atoms with Gasteiger partial charge in [0, 0.05) is 12.6 Å². The van der Waals surface area contributed by atoms with Crippen LogP contribution in [0.15, 0.2) is 16.8 Å². The van der Waals surface area contributed by atoms with Crippen LogP contribution in [0.3, 0.4) is 0 Å². The molecule has 0 aliphatic heterocycles. The number of anilines is 1. The van der Waals surface area contributed by atoms with E-state index in [9.17, 15) is 10.1 Å². The highest BCUT2D eigenvalue weighted by Crippen LogP contribution is 2.28. The molecule has 7 nitrogen and oxygen atoms in total. The fraction of sp³-hybridized carbons (Fsp3) is 0.571. The molecule has 0 radical (unpaired) electrons. The predicted octanol–water partition coefficient (Wildman–Crippen LogP) is 3.90. The highest BCUT2D eigenvalue weighted by Gasteiger charge is 2.19. The first-order chi connectivity index (χ1) is 10.2. The van der Waals surface area contributed by atoms with Crippen LogP contribution in [-0.2, 0) is 0 Å². The van der Waals surface area contributed by atoms with Gasteiger partial charge in [0.25, 0.3) is 0 Å². The molecule has 0 aliphatic rings. The summed E-state index contributed by atoms with van der Waals surface area (Å²) in [5, 5.41) is 21.5. The molecule has 0 atom stereocenters. The highest BCUT2D eigenvalue weighted by atomic mass is 16.6. The van der Waals surface area contributed by atoms with Crippen LogP contribution in [-0.4, -0.2) is 21.8 Å². The molecule has 1 heterocycles. The second-order valence-electron chi connectivity index (χ2n) is 5.05. The molecule has 0 saturated heterocycles. The fourth-order valence-corrected chi connectivity index (χ4v) is 2.27. The third-order valence-electron chi connectivity index (χ3n) is 3.44. The van der Waals surface area contributed by atoms with Crippen LogP contribution >= 0.6 is 0 Å². The number of nitrogens with one attached hydrogen (secondary N) is 1. The van der Waals surface area contributed by atoms with Crippen molar-refractivity contribution in [1.29, 1.82) is 0 Å².